The fraction of sp³-hybridized carbons (Fsp3) is 0.294. The molecule has 1 atom stereocenters. The number of benzene rings is 2. The highest BCUT2D eigenvalue weighted by atomic mass is 79.9. The SMILES string of the molecule is CCN(CCC(N)c1cccc(Br)c1)c1ccc(F)cc1. The van der Waals surface area contributed by atoms with E-state index in [-0.39, 0.29) is 11.9 Å². The van der Waals surface area contributed by atoms with Crippen LogP contribution in [-0.4, -0.2) is 13.1 Å². The van der Waals surface area contributed by atoms with Crippen LogP contribution in [0.25, 0.3) is 0 Å². The minimum Gasteiger partial charge on any atom is -0.372 e. The van der Waals surface area contributed by atoms with Crippen LogP contribution in [0.15, 0.2) is 53.0 Å². The molecule has 0 spiro atoms. The van der Waals surface area contributed by atoms with Gasteiger partial charge in [-0.2, -0.15) is 0 Å². The van der Waals surface area contributed by atoms with E-state index in [9.17, 15) is 4.39 Å². The molecule has 0 radical (unpaired) electrons. The van der Waals surface area contributed by atoms with E-state index in [1.165, 1.54) is 12.1 Å². The van der Waals surface area contributed by atoms with Gasteiger partial charge in [-0.1, -0.05) is 28.1 Å². The van der Waals surface area contributed by atoms with E-state index in [2.05, 4.69) is 33.8 Å². The molecule has 2 nitrogen and oxygen atoms in total. The standard InChI is InChI=1S/C17H20BrFN2/c1-2-21(16-8-6-15(19)7-9-16)11-10-17(20)13-4-3-5-14(18)12-13/h3-9,12,17H,2,10-11,20H2,1H3. The molecule has 2 N–H and O–H groups in total. The summed E-state index contributed by atoms with van der Waals surface area (Å²) < 4.78 is 14.0. The Kier molecular flexibility index (Phi) is 5.76. The molecular weight excluding hydrogens is 331 g/mol. The van der Waals surface area contributed by atoms with Crippen molar-refractivity contribution >= 4 is 21.6 Å². The van der Waals surface area contributed by atoms with E-state index >= 15 is 0 Å². The first-order chi connectivity index (χ1) is 10.1. The van der Waals surface area contributed by atoms with Gasteiger partial charge in [0, 0.05) is 29.3 Å². The van der Waals surface area contributed by atoms with Crippen molar-refractivity contribution in [1.29, 1.82) is 0 Å². The van der Waals surface area contributed by atoms with Crippen molar-refractivity contribution in [3.63, 3.8) is 0 Å². The molecule has 0 aromatic heterocycles. The number of hydrogen-bond acceptors (Lipinski definition) is 2. The van der Waals surface area contributed by atoms with E-state index in [0.717, 1.165) is 35.2 Å². The normalized spacial score (nSPS) is 12.2. The van der Waals surface area contributed by atoms with Crippen LogP contribution in [-0.2, 0) is 0 Å². The Balaban J connectivity index is 1.98. The van der Waals surface area contributed by atoms with Crippen LogP contribution >= 0.6 is 15.9 Å². The first-order valence-corrected chi connectivity index (χ1v) is 7.91. The van der Waals surface area contributed by atoms with E-state index in [1.807, 2.05) is 30.3 Å². The summed E-state index contributed by atoms with van der Waals surface area (Å²) in [4.78, 5) is 2.21. The van der Waals surface area contributed by atoms with Gasteiger partial charge in [0.2, 0.25) is 0 Å². The Morgan fingerprint density at radius 1 is 1.19 bits per heavy atom. The van der Waals surface area contributed by atoms with Crippen molar-refractivity contribution in [3.8, 4) is 0 Å². The average Bonchev–Trinajstić information content (AvgIpc) is 2.49. The maximum atomic E-state index is 13.0. The molecule has 0 saturated carbocycles. The Morgan fingerprint density at radius 3 is 2.52 bits per heavy atom. The third kappa shape index (κ3) is 4.55. The zero-order valence-electron chi connectivity index (χ0n) is 12.1. The Morgan fingerprint density at radius 2 is 1.90 bits per heavy atom. The predicted molar refractivity (Wildman–Crippen MR) is 90.0 cm³/mol. The molecule has 0 aliphatic heterocycles. The summed E-state index contributed by atoms with van der Waals surface area (Å²) >= 11 is 3.47. The average molecular weight is 351 g/mol. The summed E-state index contributed by atoms with van der Waals surface area (Å²) in [5.41, 5.74) is 8.41. The van der Waals surface area contributed by atoms with E-state index < -0.39 is 0 Å². The van der Waals surface area contributed by atoms with Gasteiger partial charge >= 0.3 is 0 Å². The molecule has 0 bridgehead atoms. The van der Waals surface area contributed by atoms with Crippen LogP contribution in [0.5, 0.6) is 0 Å². The number of nitrogens with zero attached hydrogens (tertiary/aromatic N) is 1. The molecule has 4 heteroatoms. The van der Waals surface area contributed by atoms with Gasteiger partial charge < -0.3 is 10.6 Å². The minimum absolute atomic E-state index is 0.00278. The van der Waals surface area contributed by atoms with Gasteiger partial charge in [-0.05, 0) is 55.3 Å². The fourth-order valence-electron chi connectivity index (χ4n) is 2.32. The minimum atomic E-state index is -0.208. The quantitative estimate of drug-likeness (QED) is 0.830. The van der Waals surface area contributed by atoms with Crippen molar-refractivity contribution < 1.29 is 4.39 Å². The monoisotopic (exact) mass is 350 g/mol. The largest absolute Gasteiger partial charge is 0.372 e. The first kappa shape index (κ1) is 16.0. The smallest absolute Gasteiger partial charge is 0.123 e. The summed E-state index contributed by atoms with van der Waals surface area (Å²) in [6.45, 7) is 3.81. The molecule has 2 aromatic rings. The second-order valence-corrected chi connectivity index (χ2v) is 5.92. The number of nitrogens with two attached hydrogens (primary N) is 1. The van der Waals surface area contributed by atoms with E-state index in [1.54, 1.807) is 0 Å². The Labute approximate surface area is 133 Å². The van der Waals surface area contributed by atoms with Gasteiger partial charge in [-0.3, -0.25) is 0 Å². The lowest BCUT2D eigenvalue weighted by atomic mass is 10.0. The fourth-order valence-corrected chi connectivity index (χ4v) is 2.74. The van der Waals surface area contributed by atoms with Crippen molar-refractivity contribution in [2.75, 3.05) is 18.0 Å². The van der Waals surface area contributed by atoms with Gasteiger partial charge in [0.15, 0.2) is 0 Å². The van der Waals surface area contributed by atoms with Crippen LogP contribution in [0, 0.1) is 5.82 Å². The van der Waals surface area contributed by atoms with Crippen LogP contribution in [0.4, 0.5) is 10.1 Å². The summed E-state index contributed by atoms with van der Waals surface area (Å²) in [6.07, 6.45) is 0.849. The second-order valence-electron chi connectivity index (χ2n) is 5.01. The third-order valence-electron chi connectivity index (χ3n) is 3.56. The lowest BCUT2D eigenvalue weighted by molar-refractivity contribution is 0.622. The van der Waals surface area contributed by atoms with Gasteiger partial charge in [0.05, 0.1) is 0 Å². The maximum absolute atomic E-state index is 13.0. The third-order valence-corrected chi connectivity index (χ3v) is 4.05. The summed E-state index contributed by atoms with van der Waals surface area (Å²) in [5.74, 6) is -0.208. The molecule has 112 valence electrons. The molecule has 0 aliphatic rings. The van der Waals surface area contributed by atoms with Crippen LogP contribution in [0.3, 0.4) is 0 Å². The molecule has 21 heavy (non-hydrogen) atoms. The molecule has 0 fully saturated rings. The number of rotatable bonds is 6. The zero-order valence-corrected chi connectivity index (χ0v) is 13.7. The van der Waals surface area contributed by atoms with Crippen molar-refractivity contribution in [3.05, 3.63) is 64.4 Å². The van der Waals surface area contributed by atoms with E-state index in [0.29, 0.717) is 0 Å². The molecule has 2 aromatic carbocycles. The lowest BCUT2D eigenvalue weighted by Crippen LogP contribution is -2.27. The Hall–Kier alpha value is -1.39. The summed E-state index contributed by atoms with van der Waals surface area (Å²) in [5, 5.41) is 0. The van der Waals surface area contributed by atoms with Gasteiger partial charge in [0.1, 0.15) is 5.82 Å². The molecule has 2 rings (SSSR count). The highest BCUT2D eigenvalue weighted by Gasteiger charge is 2.10. The Bertz CT molecular complexity index is 571. The lowest BCUT2D eigenvalue weighted by Gasteiger charge is -2.25. The maximum Gasteiger partial charge on any atom is 0.123 e. The van der Waals surface area contributed by atoms with Gasteiger partial charge in [-0.15, -0.1) is 0 Å². The zero-order chi connectivity index (χ0) is 15.2. The number of halogens is 2. The predicted octanol–water partition coefficient (Wildman–Crippen LogP) is 4.50. The topological polar surface area (TPSA) is 29.3 Å². The molecular formula is C17H20BrFN2. The van der Waals surface area contributed by atoms with Crippen LogP contribution < -0.4 is 10.6 Å². The molecule has 0 heterocycles. The molecule has 0 saturated heterocycles. The highest BCUT2D eigenvalue weighted by Crippen LogP contribution is 2.21. The van der Waals surface area contributed by atoms with E-state index in [4.69, 9.17) is 5.73 Å². The molecule has 1 unspecified atom stereocenters. The van der Waals surface area contributed by atoms with Crippen molar-refractivity contribution in [2.24, 2.45) is 5.73 Å². The van der Waals surface area contributed by atoms with Crippen molar-refractivity contribution in [1.82, 2.24) is 0 Å². The molecule has 0 amide bonds. The molecule has 0 aliphatic carbocycles. The van der Waals surface area contributed by atoms with Crippen molar-refractivity contribution in [2.45, 2.75) is 19.4 Å². The second kappa shape index (κ2) is 7.57. The van der Waals surface area contributed by atoms with Crippen LogP contribution in [0.2, 0.25) is 0 Å². The number of hydrogen-bond donors (Lipinski definition) is 1. The highest BCUT2D eigenvalue weighted by molar-refractivity contribution is 9.10. The van der Waals surface area contributed by atoms with Gasteiger partial charge in [0.25, 0.3) is 0 Å². The summed E-state index contributed by atoms with van der Waals surface area (Å²) in [7, 11) is 0. The van der Waals surface area contributed by atoms with Crippen LogP contribution in [0.1, 0.15) is 24.9 Å². The van der Waals surface area contributed by atoms with Gasteiger partial charge in [-0.25, -0.2) is 4.39 Å². The summed E-state index contributed by atoms with van der Waals surface area (Å²) in [6, 6.07) is 14.7. The number of anilines is 1. The first-order valence-electron chi connectivity index (χ1n) is 7.11.